The maximum Gasteiger partial charge on any atom is 0.258 e. The summed E-state index contributed by atoms with van der Waals surface area (Å²) in [7, 11) is 0. The number of aromatic nitrogens is 6. The number of rotatable bonds is 3. The molecule has 1 aliphatic rings. The van der Waals surface area contributed by atoms with Crippen molar-refractivity contribution in [1.29, 1.82) is 0 Å². The van der Waals surface area contributed by atoms with E-state index in [4.69, 9.17) is 17.3 Å². The van der Waals surface area contributed by atoms with E-state index < -0.39 is 11.9 Å². The molecule has 0 aromatic carbocycles. The zero-order chi connectivity index (χ0) is 14.8. The molecule has 1 saturated heterocycles. The summed E-state index contributed by atoms with van der Waals surface area (Å²) in [5.74, 6) is 0.175. The standard InChI is InChI=1S/C11H13ClN8O/c12-9-16-10(18-11(17-9)20-6-14-5-15-20)19-4-2-1-3-7(19)8(13)21/h5-7H,1-4H2,(H2,13,21). The van der Waals surface area contributed by atoms with Crippen LogP contribution in [-0.4, -0.2) is 48.2 Å². The minimum absolute atomic E-state index is 0.0271. The predicted octanol–water partition coefficient (Wildman–Crippen LogP) is -0.0501. The highest BCUT2D eigenvalue weighted by Gasteiger charge is 2.29. The average molecular weight is 309 g/mol. The van der Waals surface area contributed by atoms with Crippen LogP contribution in [0.3, 0.4) is 0 Å². The monoisotopic (exact) mass is 308 g/mol. The molecular weight excluding hydrogens is 296 g/mol. The van der Waals surface area contributed by atoms with E-state index in [1.54, 1.807) is 4.90 Å². The second kappa shape index (κ2) is 5.60. The molecule has 9 nitrogen and oxygen atoms in total. The first kappa shape index (κ1) is 13.7. The number of nitrogens with zero attached hydrogens (tertiary/aromatic N) is 7. The van der Waals surface area contributed by atoms with Crippen LogP contribution in [-0.2, 0) is 4.79 Å². The molecule has 3 heterocycles. The Morgan fingerprint density at radius 1 is 1.29 bits per heavy atom. The first-order valence-corrected chi connectivity index (χ1v) is 6.85. The second-order valence-electron chi connectivity index (χ2n) is 4.65. The van der Waals surface area contributed by atoms with Crippen molar-refractivity contribution in [3.05, 3.63) is 17.9 Å². The molecule has 3 rings (SSSR count). The van der Waals surface area contributed by atoms with Crippen molar-refractivity contribution >= 4 is 23.5 Å². The summed E-state index contributed by atoms with van der Waals surface area (Å²) in [4.78, 5) is 29.6. The van der Waals surface area contributed by atoms with Gasteiger partial charge in [-0.25, -0.2) is 4.98 Å². The highest BCUT2D eigenvalue weighted by molar-refractivity contribution is 6.28. The molecule has 1 amide bonds. The number of piperidine rings is 1. The summed E-state index contributed by atoms with van der Waals surface area (Å²) in [6, 6.07) is -0.430. The van der Waals surface area contributed by atoms with Crippen LogP contribution in [0.4, 0.5) is 5.95 Å². The van der Waals surface area contributed by atoms with Gasteiger partial charge in [-0.1, -0.05) is 0 Å². The quantitative estimate of drug-likeness (QED) is 0.845. The van der Waals surface area contributed by atoms with Crippen LogP contribution in [0.2, 0.25) is 5.28 Å². The molecule has 2 aromatic heterocycles. The number of hydrogen-bond acceptors (Lipinski definition) is 7. The Bertz CT molecular complexity index is 646. The molecule has 0 aliphatic carbocycles. The molecule has 0 spiro atoms. The fourth-order valence-corrected chi connectivity index (χ4v) is 2.49. The van der Waals surface area contributed by atoms with E-state index in [2.05, 4.69) is 25.0 Å². The molecule has 2 aromatic rings. The molecule has 0 radical (unpaired) electrons. The normalized spacial score (nSPS) is 18.7. The van der Waals surface area contributed by atoms with Gasteiger partial charge in [0.05, 0.1) is 0 Å². The molecule has 2 N–H and O–H groups in total. The number of amides is 1. The second-order valence-corrected chi connectivity index (χ2v) is 4.99. The molecular formula is C11H13ClN8O. The lowest BCUT2D eigenvalue weighted by Crippen LogP contribution is -2.48. The zero-order valence-electron chi connectivity index (χ0n) is 11.1. The topological polar surface area (TPSA) is 116 Å². The van der Waals surface area contributed by atoms with Crippen LogP contribution >= 0.6 is 11.6 Å². The Hall–Kier alpha value is -2.29. The van der Waals surface area contributed by atoms with E-state index >= 15 is 0 Å². The van der Waals surface area contributed by atoms with E-state index in [0.717, 1.165) is 12.8 Å². The van der Waals surface area contributed by atoms with Crippen LogP contribution < -0.4 is 10.6 Å². The van der Waals surface area contributed by atoms with Crippen molar-refractivity contribution in [3.63, 3.8) is 0 Å². The van der Waals surface area contributed by atoms with Gasteiger partial charge in [0.15, 0.2) is 0 Å². The molecule has 110 valence electrons. The molecule has 1 aliphatic heterocycles. The first-order valence-electron chi connectivity index (χ1n) is 6.47. The number of carbonyl (C=O) groups is 1. The van der Waals surface area contributed by atoms with Gasteiger partial charge >= 0.3 is 0 Å². The molecule has 1 unspecified atom stereocenters. The lowest BCUT2D eigenvalue weighted by molar-refractivity contribution is -0.119. The molecule has 0 bridgehead atoms. The Kier molecular flexibility index (Phi) is 3.65. The summed E-state index contributed by atoms with van der Waals surface area (Å²) in [5.41, 5.74) is 5.45. The average Bonchev–Trinajstić information content (AvgIpc) is 3.01. The van der Waals surface area contributed by atoms with E-state index in [0.29, 0.717) is 18.9 Å². The highest BCUT2D eigenvalue weighted by atomic mass is 35.5. The fraction of sp³-hybridized carbons (Fsp3) is 0.455. The number of nitrogens with two attached hydrogens (primary N) is 1. The zero-order valence-corrected chi connectivity index (χ0v) is 11.8. The van der Waals surface area contributed by atoms with Gasteiger partial charge in [-0.05, 0) is 30.9 Å². The van der Waals surface area contributed by atoms with Gasteiger partial charge in [0.1, 0.15) is 18.7 Å². The van der Waals surface area contributed by atoms with Gasteiger partial charge in [0.25, 0.3) is 5.95 Å². The lowest BCUT2D eigenvalue weighted by atomic mass is 10.0. The van der Waals surface area contributed by atoms with Gasteiger partial charge in [-0.3, -0.25) is 4.79 Å². The Labute approximate surface area is 125 Å². The van der Waals surface area contributed by atoms with Crippen molar-refractivity contribution < 1.29 is 4.79 Å². The SMILES string of the molecule is NC(=O)C1CCCCN1c1nc(Cl)nc(-n2cncn2)n1. The first-order chi connectivity index (χ1) is 10.1. The Morgan fingerprint density at radius 2 is 2.10 bits per heavy atom. The minimum Gasteiger partial charge on any atom is -0.368 e. The molecule has 21 heavy (non-hydrogen) atoms. The minimum atomic E-state index is -0.430. The Balaban J connectivity index is 1.99. The van der Waals surface area contributed by atoms with Crippen molar-refractivity contribution in [3.8, 4) is 5.95 Å². The van der Waals surface area contributed by atoms with Crippen molar-refractivity contribution in [1.82, 2.24) is 29.7 Å². The van der Waals surface area contributed by atoms with Crippen LogP contribution in [0, 0.1) is 0 Å². The van der Waals surface area contributed by atoms with Gasteiger partial charge < -0.3 is 10.6 Å². The lowest BCUT2D eigenvalue weighted by Gasteiger charge is -2.33. The van der Waals surface area contributed by atoms with Crippen LogP contribution in [0.5, 0.6) is 0 Å². The summed E-state index contributed by atoms with van der Waals surface area (Å²) in [6.07, 6.45) is 5.38. The summed E-state index contributed by atoms with van der Waals surface area (Å²) < 4.78 is 1.38. The van der Waals surface area contributed by atoms with E-state index in [-0.39, 0.29) is 11.2 Å². The van der Waals surface area contributed by atoms with Gasteiger partial charge in [-0.2, -0.15) is 24.7 Å². The third kappa shape index (κ3) is 2.77. The number of anilines is 1. The third-order valence-corrected chi connectivity index (χ3v) is 3.47. The van der Waals surface area contributed by atoms with Crippen LogP contribution in [0.15, 0.2) is 12.7 Å². The number of hydrogen-bond donors (Lipinski definition) is 1. The highest BCUT2D eigenvalue weighted by Crippen LogP contribution is 2.23. The van der Waals surface area contributed by atoms with Crippen molar-refractivity contribution in [2.45, 2.75) is 25.3 Å². The maximum absolute atomic E-state index is 11.6. The van der Waals surface area contributed by atoms with Crippen molar-refractivity contribution in [2.24, 2.45) is 5.73 Å². The molecule has 0 saturated carbocycles. The van der Waals surface area contributed by atoms with E-state index in [1.165, 1.54) is 17.3 Å². The summed E-state index contributed by atoms with van der Waals surface area (Å²) >= 11 is 5.95. The third-order valence-electron chi connectivity index (χ3n) is 3.30. The van der Waals surface area contributed by atoms with E-state index in [9.17, 15) is 4.79 Å². The van der Waals surface area contributed by atoms with Crippen LogP contribution in [0.1, 0.15) is 19.3 Å². The maximum atomic E-state index is 11.6. The van der Waals surface area contributed by atoms with Gasteiger partial charge in [0.2, 0.25) is 17.1 Å². The molecule has 10 heteroatoms. The summed E-state index contributed by atoms with van der Waals surface area (Å²) in [5, 5.41) is 3.98. The van der Waals surface area contributed by atoms with Gasteiger partial charge in [0, 0.05) is 6.54 Å². The molecule has 1 atom stereocenters. The predicted molar refractivity (Wildman–Crippen MR) is 73.9 cm³/mol. The fourth-order valence-electron chi connectivity index (χ4n) is 2.34. The molecule has 1 fully saturated rings. The number of halogens is 1. The number of primary amides is 1. The van der Waals surface area contributed by atoms with E-state index in [1.807, 2.05) is 0 Å². The number of carbonyl (C=O) groups excluding carboxylic acids is 1. The Morgan fingerprint density at radius 3 is 2.81 bits per heavy atom. The largest absolute Gasteiger partial charge is 0.368 e. The van der Waals surface area contributed by atoms with Crippen LogP contribution in [0.25, 0.3) is 5.95 Å². The summed E-state index contributed by atoms with van der Waals surface area (Å²) in [6.45, 7) is 0.644. The smallest absolute Gasteiger partial charge is 0.258 e. The van der Waals surface area contributed by atoms with Gasteiger partial charge in [-0.15, -0.1) is 0 Å². The van der Waals surface area contributed by atoms with Crippen molar-refractivity contribution in [2.75, 3.05) is 11.4 Å².